The summed E-state index contributed by atoms with van der Waals surface area (Å²) in [5, 5.41) is 0. The molecule has 38 heavy (non-hydrogen) atoms. The highest BCUT2D eigenvalue weighted by Crippen LogP contribution is 2.31. The predicted molar refractivity (Wildman–Crippen MR) is 152 cm³/mol. The number of hydrogen-bond donors (Lipinski definition) is 2. The van der Waals surface area contributed by atoms with E-state index in [0.717, 1.165) is 28.1 Å². The Kier molecular flexibility index (Phi) is 10.1. The summed E-state index contributed by atoms with van der Waals surface area (Å²) in [6.07, 6.45) is 21.7. The van der Waals surface area contributed by atoms with Crippen molar-refractivity contribution in [3.63, 3.8) is 0 Å². The second kappa shape index (κ2) is 13.3. The predicted octanol–water partition coefficient (Wildman–Crippen LogP) is 6.04. The first-order valence-electron chi connectivity index (χ1n) is 12.6. The topological polar surface area (TPSA) is 86.1 Å². The smallest absolute Gasteiger partial charge is 0.139 e. The van der Waals surface area contributed by atoms with Gasteiger partial charge in [-0.1, -0.05) is 44.1 Å². The van der Waals surface area contributed by atoms with Gasteiger partial charge in [-0.05, 0) is 56.2 Å². The summed E-state index contributed by atoms with van der Waals surface area (Å²) in [7, 11) is 0. The number of allylic oxidation sites excluding steroid dienone is 9. The van der Waals surface area contributed by atoms with Gasteiger partial charge in [-0.25, -0.2) is 9.37 Å². The largest absolute Gasteiger partial charge is 0.377 e. The number of imidazole rings is 1. The molecular weight excluding hydrogens is 479 g/mol. The van der Waals surface area contributed by atoms with Crippen LogP contribution in [0.15, 0.2) is 72.9 Å². The summed E-state index contributed by atoms with van der Waals surface area (Å²) >= 11 is 0. The Balaban J connectivity index is 1.76. The van der Waals surface area contributed by atoms with Gasteiger partial charge in [-0.3, -0.25) is 4.98 Å². The minimum atomic E-state index is -0.365. The maximum absolute atomic E-state index is 13.8. The number of halogens is 1. The summed E-state index contributed by atoms with van der Waals surface area (Å²) in [6, 6.07) is 3.77. The number of rotatable bonds is 12. The standard InChI is InChI=1S/C31H37FN4O2/c1-6-9-25(11-8-19-37-21-30(2,3)22-38-31(4,5)20-33)29-35-27(23-10-7-12-26(32)14-13-23)28(36-29)24-15-17-34-18-16-24/h1,8-18H,7,19-22,33H2,2-5H3,(H,35,36)/b11-8-,25-9+. The van der Waals surface area contributed by atoms with E-state index >= 15 is 0 Å². The van der Waals surface area contributed by atoms with Crippen molar-refractivity contribution < 1.29 is 13.9 Å². The fourth-order valence-corrected chi connectivity index (χ4v) is 3.58. The number of hydrogen-bond acceptors (Lipinski definition) is 5. The van der Waals surface area contributed by atoms with Gasteiger partial charge < -0.3 is 20.2 Å². The molecule has 0 bridgehead atoms. The zero-order chi connectivity index (χ0) is 27.6. The summed E-state index contributed by atoms with van der Waals surface area (Å²) in [5.41, 5.74) is 9.19. The third-order valence-corrected chi connectivity index (χ3v) is 5.88. The zero-order valence-electron chi connectivity index (χ0n) is 22.6. The minimum absolute atomic E-state index is 0.165. The molecule has 7 heteroatoms. The highest BCUT2D eigenvalue weighted by atomic mass is 19.1. The Morgan fingerprint density at radius 2 is 1.95 bits per heavy atom. The molecule has 0 saturated carbocycles. The average molecular weight is 517 g/mol. The molecule has 0 radical (unpaired) electrons. The Hall–Kier alpha value is -3.57. The molecule has 0 fully saturated rings. The van der Waals surface area contributed by atoms with Gasteiger partial charge in [0.2, 0.25) is 0 Å². The van der Waals surface area contributed by atoms with Gasteiger partial charge >= 0.3 is 0 Å². The van der Waals surface area contributed by atoms with Gasteiger partial charge in [-0.15, -0.1) is 6.42 Å². The van der Waals surface area contributed by atoms with Gasteiger partial charge in [0, 0.05) is 35.5 Å². The van der Waals surface area contributed by atoms with E-state index in [4.69, 9.17) is 26.6 Å². The number of nitrogens with two attached hydrogens (primary N) is 1. The molecule has 2 aromatic rings. The van der Waals surface area contributed by atoms with Gasteiger partial charge in [0.1, 0.15) is 11.7 Å². The molecule has 0 saturated heterocycles. The molecule has 0 aliphatic heterocycles. The van der Waals surface area contributed by atoms with Crippen LogP contribution in [0.5, 0.6) is 0 Å². The second-order valence-corrected chi connectivity index (χ2v) is 10.5. The van der Waals surface area contributed by atoms with Crippen LogP contribution in [0.4, 0.5) is 4.39 Å². The van der Waals surface area contributed by atoms with Crippen molar-refractivity contribution in [1.29, 1.82) is 0 Å². The van der Waals surface area contributed by atoms with Crippen LogP contribution in [0, 0.1) is 17.8 Å². The van der Waals surface area contributed by atoms with E-state index in [1.165, 1.54) is 12.2 Å². The number of aromatic nitrogens is 3. The SMILES string of the molecule is C#C/C=C(\C=C/COCC(C)(C)COC(C)(C)CN)c1nc(-c2ccncc2)c(C2=CCC=C(F)C=C2)[nH]1. The lowest BCUT2D eigenvalue weighted by Gasteiger charge is -2.30. The number of aromatic amines is 1. The third kappa shape index (κ3) is 8.49. The Morgan fingerprint density at radius 1 is 1.18 bits per heavy atom. The maximum Gasteiger partial charge on any atom is 0.139 e. The molecule has 0 aromatic carbocycles. The normalized spacial score (nSPS) is 14.8. The fourth-order valence-electron chi connectivity index (χ4n) is 3.58. The Morgan fingerprint density at radius 3 is 2.66 bits per heavy atom. The Bertz CT molecular complexity index is 1270. The number of nitrogens with zero attached hydrogens (tertiary/aromatic N) is 2. The molecule has 200 valence electrons. The van der Waals surface area contributed by atoms with Crippen LogP contribution in [0.1, 0.15) is 45.6 Å². The van der Waals surface area contributed by atoms with E-state index in [0.29, 0.717) is 38.6 Å². The molecule has 3 N–H and O–H groups in total. The highest BCUT2D eigenvalue weighted by Gasteiger charge is 2.24. The van der Waals surface area contributed by atoms with Crippen LogP contribution in [0.25, 0.3) is 22.4 Å². The maximum atomic E-state index is 13.8. The van der Waals surface area contributed by atoms with Gasteiger partial charge in [-0.2, -0.15) is 0 Å². The minimum Gasteiger partial charge on any atom is -0.377 e. The summed E-state index contributed by atoms with van der Waals surface area (Å²) in [4.78, 5) is 12.4. The highest BCUT2D eigenvalue weighted by molar-refractivity contribution is 5.85. The van der Waals surface area contributed by atoms with Crippen molar-refractivity contribution in [3.8, 4) is 23.6 Å². The first kappa shape index (κ1) is 29.0. The summed E-state index contributed by atoms with van der Waals surface area (Å²) < 4.78 is 25.7. The third-order valence-electron chi connectivity index (χ3n) is 5.88. The first-order chi connectivity index (χ1) is 18.1. The quantitative estimate of drug-likeness (QED) is 0.204. The molecule has 6 nitrogen and oxygen atoms in total. The van der Waals surface area contributed by atoms with E-state index in [-0.39, 0.29) is 16.8 Å². The van der Waals surface area contributed by atoms with Crippen molar-refractivity contribution in [1.82, 2.24) is 15.0 Å². The lowest BCUT2D eigenvalue weighted by Crippen LogP contribution is -2.38. The van der Waals surface area contributed by atoms with Crippen LogP contribution in [-0.4, -0.2) is 46.9 Å². The fraction of sp³-hybridized carbons (Fsp3) is 0.355. The van der Waals surface area contributed by atoms with Crippen LogP contribution in [0.2, 0.25) is 0 Å². The second-order valence-electron chi connectivity index (χ2n) is 10.5. The Labute approximate surface area is 225 Å². The molecule has 0 unspecified atom stereocenters. The zero-order valence-corrected chi connectivity index (χ0v) is 22.6. The van der Waals surface area contributed by atoms with E-state index in [1.54, 1.807) is 24.5 Å². The van der Waals surface area contributed by atoms with Crippen LogP contribution >= 0.6 is 0 Å². The molecule has 1 aliphatic rings. The monoisotopic (exact) mass is 516 g/mol. The van der Waals surface area contributed by atoms with E-state index in [9.17, 15) is 4.39 Å². The molecule has 2 aromatic heterocycles. The molecule has 2 heterocycles. The number of terminal acetylenes is 1. The van der Waals surface area contributed by atoms with Crippen molar-refractivity contribution in [2.75, 3.05) is 26.4 Å². The lowest BCUT2D eigenvalue weighted by molar-refractivity contribution is -0.0685. The number of pyridine rings is 1. The molecule has 0 spiro atoms. The lowest BCUT2D eigenvalue weighted by atomic mass is 9.96. The van der Waals surface area contributed by atoms with Crippen molar-refractivity contribution in [3.05, 3.63) is 84.4 Å². The first-order valence-corrected chi connectivity index (χ1v) is 12.6. The van der Waals surface area contributed by atoms with Gasteiger partial charge in [0.05, 0.1) is 36.8 Å². The molecule has 3 rings (SSSR count). The molecule has 1 aliphatic carbocycles. The summed E-state index contributed by atoms with van der Waals surface area (Å²) in [6.45, 7) is 10.1. The van der Waals surface area contributed by atoms with Crippen molar-refractivity contribution in [2.45, 2.75) is 39.7 Å². The van der Waals surface area contributed by atoms with Crippen LogP contribution in [-0.2, 0) is 9.47 Å². The molecule has 0 amide bonds. The van der Waals surface area contributed by atoms with E-state index in [1.807, 2.05) is 44.2 Å². The van der Waals surface area contributed by atoms with Crippen LogP contribution < -0.4 is 5.73 Å². The van der Waals surface area contributed by atoms with Crippen molar-refractivity contribution >= 4 is 11.1 Å². The molecule has 0 atom stereocenters. The van der Waals surface area contributed by atoms with Crippen LogP contribution in [0.3, 0.4) is 0 Å². The van der Waals surface area contributed by atoms with E-state index < -0.39 is 0 Å². The number of H-pyrrole nitrogens is 1. The van der Waals surface area contributed by atoms with Gasteiger partial charge in [0.25, 0.3) is 0 Å². The number of ether oxygens (including phenoxy) is 2. The average Bonchev–Trinajstić information content (AvgIpc) is 3.23. The number of nitrogens with one attached hydrogen (secondary N) is 1. The molecular formula is C31H37FN4O2. The summed E-state index contributed by atoms with van der Waals surface area (Å²) in [5.74, 6) is 2.93. The van der Waals surface area contributed by atoms with Crippen molar-refractivity contribution in [2.24, 2.45) is 11.1 Å². The van der Waals surface area contributed by atoms with Gasteiger partial charge in [0.15, 0.2) is 0 Å². The van der Waals surface area contributed by atoms with E-state index in [2.05, 4.69) is 29.7 Å².